The average molecular weight is 342 g/mol. The van der Waals surface area contributed by atoms with Crippen LogP contribution in [0.3, 0.4) is 0 Å². The number of aromatic nitrogens is 1. The molecule has 0 aliphatic carbocycles. The molecule has 0 bridgehead atoms. The van der Waals surface area contributed by atoms with Crippen LogP contribution >= 0.6 is 0 Å². The zero-order chi connectivity index (χ0) is 17.8. The average Bonchev–Trinajstić information content (AvgIpc) is 3.07. The van der Waals surface area contributed by atoms with Gasteiger partial charge in [-0.2, -0.15) is 0 Å². The van der Waals surface area contributed by atoms with E-state index in [0.717, 1.165) is 22.1 Å². The highest BCUT2D eigenvalue weighted by molar-refractivity contribution is 6.62. The molecule has 0 spiro atoms. The SMILES string of the molecule is CC1(C)OB(c2ccc3ccnc(N4CC[C@@H](F)C4)c3c2)OC1(C)C. The zero-order valence-electron chi connectivity index (χ0n) is 15.3. The molecule has 132 valence electrons. The molecule has 2 aromatic rings. The lowest BCUT2D eigenvalue weighted by atomic mass is 9.78. The maximum absolute atomic E-state index is 13.6. The van der Waals surface area contributed by atoms with Gasteiger partial charge in [0.05, 0.1) is 17.7 Å². The summed E-state index contributed by atoms with van der Waals surface area (Å²) >= 11 is 0. The second kappa shape index (κ2) is 5.68. The van der Waals surface area contributed by atoms with Crippen molar-refractivity contribution >= 4 is 29.2 Å². The standard InChI is InChI=1S/C19H24BFN2O2/c1-18(2)19(3,4)25-20(24-18)14-6-5-13-7-9-22-17(16(13)11-14)23-10-8-15(21)12-23/h5-7,9,11,15H,8,10,12H2,1-4H3/t15-/m1/s1. The summed E-state index contributed by atoms with van der Waals surface area (Å²) in [5.41, 5.74) is 0.220. The molecule has 25 heavy (non-hydrogen) atoms. The minimum absolute atomic E-state index is 0.374. The molecule has 0 N–H and O–H groups in total. The molecule has 0 unspecified atom stereocenters. The van der Waals surface area contributed by atoms with Crippen LogP contribution < -0.4 is 10.4 Å². The van der Waals surface area contributed by atoms with Gasteiger partial charge in [-0.05, 0) is 51.0 Å². The van der Waals surface area contributed by atoms with Gasteiger partial charge in [-0.3, -0.25) is 0 Å². The molecule has 1 aromatic heterocycles. The summed E-state index contributed by atoms with van der Waals surface area (Å²) in [7, 11) is -0.407. The Balaban J connectivity index is 1.73. The largest absolute Gasteiger partial charge is 0.494 e. The number of fused-ring (bicyclic) bond motifs is 1. The van der Waals surface area contributed by atoms with E-state index in [9.17, 15) is 4.39 Å². The summed E-state index contributed by atoms with van der Waals surface area (Å²) in [4.78, 5) is 6.55. The zero-order valence-corrected chi connectivity index (χ0v) is 15.3. The Hall–Kier alpha value is -1.66. The molecule has 2 fully saturated rings. The van der Waals surface area contributed by atoms with Crippen LogP contribution in [0.2, 0.25) is 0 Å². The Bertz CT molecular complexity index is 795. The van der Waals surface area contributed by atoms with E-state index in [-0.39, 0.29) is 11.2 Å². The molecular weight excluding hydrogens is 318 g/mol. The van der Waals surface area contributed by atoms with E-state index >= 15 is 0 Å². The monoisotopic (exact) mass is 342 g/mol. The van der Waals surface area contributed by atoms with E-state index in [1.54, 1.807) is 6.20 Å². The van der Waals surface area contributed by atoms with Gasteiger partial charge in [0.25, 0.3) is 0 Å². The van der Waals surface area contributed by atoms with Crippen LogP contribution in [0, 0.1) is 0 Å². The van der Waals surface area contributed by atoms with Crippen LogP contribution in [-0.4, -0.2) is 42.6 Å². The minimum Gasteiger partial charge on any atom is -0.399 e. The third-order valence-corrected chi connectivity index (χ3v) is 5.72. The molecule has 4 nitrogen and oxygen atoms in total. The molecule has 3 heterocycles. The Morgan fingerprint density at radius 1 is 1.16 bits per heavy atom. The van der Waals surface area contributed by atoms with Crippen molar-refractivity contribution in [3.8, 4) is 0 Å². The summed E-state index contributed by atoms with van der Waals surface area (Å²) in [5.74, 6) is 0.844. The number of hydrogen-bond acceptors (Lipinski definition) is 4. The van der Waals surface area contributed by atoms with E-state index in [1.165, 1.54) is 0 Å². The highest BCUT2D eigenvalue weighted by Gasteiger charge is 2.51. The summed E-state index contributed by atoms with van der Waals surface area (Å²) in [6.45, 7) is 9.30. The number of nitrogens with zero attached hydrogens (tertiary/aromatic N) is 2. The lowest BCUT2D eigenvalue weighted by Crippen LogP contribution is -2.41. The first kappa shape index (κ1) is 16.8. The van der Waals surface area contributed by atoms with E-state index in [0.29, 0.717) is 19.5 Å². The van der Waals surface area contributed by atoms with Crippen molar-refractivity contribution in [1.82, 2.24) is 4.98 Å². The fraction of sp³-hybridized carbons (Fsp3) is 0.526. The fourth-order valence-corrected chi connectivity index (χ4v) is 3.46. The molecule has 0 saturated carbocycles. The summed E-state index contributed by atoms with van der Waals surface area (Å²) in [6.07, 6.45) is 1.58. The fourth-order valence-electron chi connectivity index (χ4n) is 3.46. The Kier molecular flexibility index (Phi) is 3.81. The maximum Gasteiger partial charge on any atom is 0.494 e. The number of halogens is 1. The second-order valence-corrected chi connectivity index (χ2v) is 8.04. The van der Waals surface area contributed by atoms with Gasteiger partial charge in [-0.25, -0.2) is 9.37 Å². The van der Waals surface area contributed by atoms with Gasteiger partial charge in [0.15, 0.2) is 0 Å². The van der Waals surface area contributed by atoms with E-state index < -0.39 is 13.3 Å². The van der Waals surface area contributed by atoms with Gasteiger partial charge < -0.3 is 14.2 Å². The van der Waals surface area contributed by atoms with Crippen molar-refractivity contribution in [3.63, 3.8) is 0 Å². The van der Waals surface area contributed by atoms with E-state index in [2.05, 4.69) is 17.1 Å². The van der Waals surface area contributed by atoms with E-state index in [1.807, 2.05) is 44.7 Å². The van der Waals surface area contributed by atoms with Crippen LogP contribution in [-0.2, 0) is 9.31 Å². The molecule has 6 heteroatoms. The van der Waals surface area contributed by atoms with Crippen LogP contribution in [0.1, 0.15) is 34.1 Å². The number of alkyl halides is 1. The van der Waals surface area contributed by atoms with Crippen LogP contribution in [0.15, 0.2) is 30.5 Å². The third-order valence-electron chi connectivity index (χ3n) is 5.72. The molecule has 2 aliphatic rings. The predicted molar refractivity (Wildman–Crippen MR) is 99.2 cm³/mol. The lowest BCUT2D eigenvalue weighted by Gasteiger charge is -2.32. The summed E-state index contributed by atoms with van der Waals surface area (Å²) < 4.78 is 26.0. The van der Waals surface area contributed by atoms with Crippen LogP contribution in [0.4, 0.5) is 10.2 Å². The lowest BCUT2D eigenvalue weighted by molar-refractivity contribution is 0.00578. The third kappa shape index (κ3) is 2.81. The topological polar surface area (TPSA) is 34.6 Å². The normalized spacial score (nSPS) is 25.1. The number of rotatable bonds is 2. The van der Waals surface area contributed by atoms with Crippen molar-refractivity contribution in [2.24, 2.45) is 0 Å². The van der Waals surface area contributed by atoms with Crippen molar-refractivity contribution in [3.05, 3.63) is 30.5 Å². The molecule has 0 amide bonds. The highest BCUT2D eigenvalue weighted by atomic mass is 19.1. The molecule has 2 saturated heterocycles. The quantitative estimate of drug-likeness (QED) is 0.786. The second-order valence-electron chi connectivity index (χ2n) is 8.04. The van der Waals surface area contributed by atoms with Crippen molar-refractivity contribution in [2.45, 2.75) is 51.5 Å². The van der Waals surface area contributed by atoms with Crippen LogP contribution in [0.25, 0.3) is 10.8 Å². The maximum atomic E-state index is 13.6. The minimum atomic E-state index is -0.775. The number of hydrogen-bond donors (Lipinski definition) is 0. The number of pyridine rings is 1. The van der Waals surface area contributed by atoms with Crippen molar-refractivity contribution in [1.29, 1.82) is 0 Å². The first-order valence-corrected chi connectivity index (χ1v) is 8.90. The molecule has 0 radical (unpaired) electrons. The van der Waals surface area contributed by atoms with Crippen molar-refractivity contribution in [2.75, 3.05) is 18.0 Å². The summed E-state index contributed by atoms with van der Waals surface area (Å²) in [5, 5.41) is 2.11. The van der Waals surface area contributed by atoms with Gasteiger partial charge in [-0.1, -0.05) is 18.2 Å². The van der Waals surface area contributed by atoms with Crippen LogP contribution in [0.5, 0.6) is 0 Å². The van der Waals surface area contributed by atoms with E-state index in [4.69, 9.17) is 9.31 Å². The van der Waals surface area contributed by atoms with Gasteiger partial charge in [0.2, 0.25) is 0 Å². The van der Waals surface area contributed by atoms with Gasteiger partial charge in [-0.15, -0.1) is 0 Å². The Morgan fingerprint density at radius 3 is 2.52 bits per heavy atom. The molecule has 1 aromatic carbocycles. The van der Waals surface area contributed by atoms with Gasteiger partial charge >= 0.3 is 7.12 Å². The molecule has 4 rings (SSSR count). The number of anilines is 1. The van der Waals surface area contributed by atoms with Gasteiger partial charge in [0, 0.05) is 18.1 Å². The molecular formula is C19H24BFN2O2. The Morgan fingerprint density at radius 2 is 1.88 bits per heavy atom. The Labute approximate surface area is 148 Å². The summed E-state index contributed by atoms with van der Waals surface area (Å²) in [6, 6.07) is 8.15. The molecule has 2 aliphatic heterocycles. The number of benzene rings is 1. The molecule has 1 atom stereocenters. The first-order chi connectivity index (χ1) is 11.8. The predicted octanol–water partition coefficient (Wildman–Crippen LogP) is 3.08. The van der Waals surface area contributed by atoms with Crippen molar-refractivity contribution < 1.29 is 13.7 Å². The van der Waals surface area contributed by atoms with Gasteiger partial charge in [0.1, 0.15) is 12.0 Å². The first-order valence-electron chi connectivity index (χ1n) is 8.90. The smallest absolute Gasteiger partial charge is 0.399 e. The highest BCUT2D eigenvalue weighted by Crippen LogP contribution is 2.37.